The van der Waals surface area contributed by atoms with Gasteiger partial charge in [-0.15, -0.1) is 0 Å². The van der Waals surface area contributed by atoms with Gasteiger partial charge in [0.15, 0.2) is 0 Å². The molecule has 3 heterocycles. The van der Waals surface area contributed by atoms with Gasteiger partial charge in [-0.05, 0) is 54.2 Å². The quantitative estimate of drug-likeness (QED) is 0.558. The molecular weight excluding hydrogens is 374 g/mol. The Bertz CT molecular complexity index is 1270. The van der Waals surface area contributed by atoms with E-state index in [1.807, 2.05) is 36.1 Å². The number of nitrogens with one attached hydrogen (secondary N) is 1. The number of aromatic nitrogens is 4. The molecular formula is C24H23N5O. The number of likely N-dealkylation sites (tertiary alicyclic amines) is 1. The van der Waals surface area contributed by atoms with Gasteiger partial charge in [-0.25, -0.2) is 4.98 Å². The number of aryl methyl sites for hydroxylation is 1. The summed E-state index contributed by atoms with van der Waals surface area (Å²) in [5, 5.41) is 4.31. The van der Waals surface area contributed by atoms with Crippen molar-refractivity contribution in [2.24, 2.45) is 7.05 Å². The van der Waals surface area contributed by atoms with Crippen LogP contribution in [0.25, 0.3) is 22.2 Å². The normalized spacial score (nSPS) is 20.4. The molecule has 1 amide bonds. The average Bonchev–Trinajstić information content (AvgIpc) is 3.49. The number of hydrogen-bond acceptors (Lipinski definition) is 3. The minimum absolute atomic E-state index is 0.120. The Hall–Kier alpha value is -3.41. The van der Waals surface area contributed by atoms with Crippen molar-refractivity contribution in [2.75, 3.05) is 6.54 Å². The number of carbonyl (C=O) groups is 1. The van der Waals surface area contributed by atoms with Crippen LogP contribution in [0.4, 0.5) is 0 Å². The molecule has 0 unspecified atom stereocenters. The van der Waals surface area contributed by atoms with Gasteiger partial charge in [-0.1, -0.05) is 18.2 Å². The van der Waals surface area contributed by atoms with Crippen LogP contribution in [0.3, 0.4) is 0 Å². The zero-order valence-corrected chi connectivity index (χ0v) is 16.9. The van der Waals surface area contributed by atoms with E-state index in [2.05, 4.69) is 44.4 Å². The number of rotatable bonds is 2. The van der Waals surface area contributed by atoms with Gasteiger partial charge >= 0.3 is 0 Å². The van der Waals surface area contributed by atoms with Gasteiger partial charge in [0, 0.05) is 42.9 Å². The molecule has 1 aliphatic carbocycles. The number of imidazole rings is 1. The number of benzene rings is 2. The highest BCUT2D eigenvalue weighted by Crippen LogP contribution is 2.44. The number of aromatic amines is 1. The van der Waals surface area contributed by atoms with Crippen molar-refractivity contribution in [3.05, 3.63) is 71.8 Å². The minimum atomic E-state index is 0.120. The van der Waals surface area contributed by atoms with Gasteiger partial charge in [0.2, 0.25) is 0 Å². The third-order valence-corrected chi connectivity index (χ3v) is 6.72. The Balaban J connectivity index is 1.32. The molecule has 4 aromatic rings. The molecule has 1 aliphatic heterocycles. The van der Waals surface area contributed by atoms with Gasteiger partial charge in [0.1, 0.15) is 0 Å². The van der Waals surface area contributed by atoms with Crippen molar-refractivity contribution >= 4 is 16.9 Å². The maximum Gasteiger partial charge on any atom is 0.254 e. The number of nitrogens with zero attached hydrogens (tertiary/aromatic N) is 4. The third-order valence-electron chi connectivity index (χ3n) is 6.72. The minimum Gasteiger partial charge on any atom is -0.345 e. The van der Waals surface area contributed by atoms with Gasteiger partial charge in [-0.3, -0.25) is 9.48 Å². The smallest absolute Gasteiger partial charge is 0.254 e. The van der Waals surface area contributed by atoms with Gasteiger partial charge in [-0.2, -0.15) is 5.10 Å². The van der Waals surface area contributed by atoms with Crippen molar-refractivity contribution in [1.29, 1.82) is 0 Å². The lowest BCUT2D eigenvalue weighted by Crippen LogP contribution is -2.46. The highest BCUT2D eigenvalue weighted by atomic mass is 16.2. The molecule has 0 bridgehead atoms. The summed E-state index contributed by atoms with van der Waals surface area (Å²) in [6.07, 6.45) is 8.74. The summed E-state index contributed by atoms with van der Waals surface area (Å²) >= 11 is 0. The monoisotopic (exact) mass is 397 g/mol. The van der Waals surface area contributed by atoms with E-state index in [-0.39, 0.29) is 11.9 Å². The first kappa shape index (κ1) is 17.4. The Labute approximate surface area is 174 Å². The summed E-state index contributed by atoms with van der Waals surface area (Å²) in [5.41, 5.74) is 7.64. The topological polar surface area (TPSA) is 66.8 Å². The number of H-pyrrole nitrogens is 1. The van der Waals surface area contributed by atoms with Gasteiger partial charge < -0.3 is 9.88 Å². The number of amides is 1. The number of carbonyl (C=O) groups excluding carboxylic acids is 1. The predicted octanol–water partition coefficient (Wildman–Crippen LogP) is 3.91. The zero-order valence-electron chi connectivity index (χ0n) is 16.9. The van der Waals surface area contributed by atoms with E-state index in [4.69, 9.17) is 0 Å². The van der Waals surface area contributed by atoms with E-state index in [1.165, 1.54) is 16.7 Å². The number of hydrogen-bond donors (Lipinski definition) is 1. The fourth-order valence-electron chi connectivity index (χ4n) is 5.26. The van der Waals surface area contributed by atoms with Crippen LogP contribution in [-0.4, -0.2) is 43.1 Å². The number of fused-ring (bicyclic) bond motifs is 4. The highest BCUT2D eigenvalue weighted by molar-refractivity contribution is 5.97. The Morgan fingerprint density at radius 2 is 2.10 bits per heavy atom. The molecule has 6 rings (SSSR count). The molecule has 2 atom stereocenters. The van der Waals surface area contributed by atoms with E-state index in [9.17, 15) is 4.79 Å². The van der Waals surface area contributed by atoms with Crippen molar-refractivity contribution in [1.82, 2.24) is 24.6 Å². The lowest BCUT2D eigenvalue weighted by Gasteiger charge is -2.38. The standard InChI is InChI=1S/C24H23N5O/c1-28-13-18(12-27-28)15-4-5-16-11-23-19(20(16)9-15)3-2-8-29(23)24(30)17-6-7-21-22(10-17)26-14-25-21/h4-7,9-10,12-14,19,23H,2-3,8,11H2,1H3,(H,25,26)/t19-,23+/m1/s1. The largest absolute Gasteiger partial charge is 0.345 e. The molecule has 150 valence electrons. The van der Waals surface area contributed by atoms with E-state index in [1.54, 1.807) is 6.33 Å². The second kappa shape index (κ2) is 6.55. The molecule has 2 aromatic carbocycles. The van der Waals surface area contributed by atoms with Gasteiger partial charge in [0.05, 0.1) is 23.6 Å². The van der Waals surface area contributed by atoms with Crippen LogP contribution in [0.1, 0.15) is 40.2 Å². The van der Waals surface area contributed by atoms with Crippen LogP contribution in [0.2, 0.25) is 0 Å². The first-order valence-electron chi connectivity index (χ1n) is 10.5. The SMILES string of the molecule is Cn1cc(-c2ccc3c(c2)[C@H]2CCCN(C(=O)c4ccc5[nH]cnc5c4)[C@H]2C3)cn1. The van der Waals surface area contributed by atoms with Crippen molar-refractivity contribution in [3.8, 4) is 11.1 Å². The molecule has 0 saturated carbocycles. The van der Waals surface area contributed by atoms with Crippen LogP contribution < -0.4 is 0 Å². The molecule has 6 heteroatoms. The summed E-state index contributed by atoms with van der Waals surface area (Å²) < 4.78 is 1.84. The van der Waals surface area contributed by atoms with E-state index in [0.29, 0.717) is 5.92 Å². The first-order valence-corrected chi connectivity index (χ1v) is 10.5. The third kappa shape index (κ3) is 2.67. The summed E-state index contributed by atoms with van der Waals surface area (Å²) in [7, 11) is 1.94. The van der Waals surface area contributed by atoms with E-state index >= 15 is 0 Å². The van der Waals surface area contributed by atoms with Crippen molar-refractivity contribution in [3.63, 3.8) is 0 Å². The van der Waals surface area contributed by atoms with Crippen LogP contribution in [0.15, 0.2) is 55.1 Å². The molecule has 1 fully saturated rings. The summed E-state index contributed by atoms with van der Waals surface area (Å²) in [6.45, 7) is 0.821. The zero-order chi connectivity index (χ0) is 20.2. The lowest BCUT2D eigenvalue weighted by molar-refractivity contribution is 0.0595. The molecule has 1 N–H and O–H groups in total. The second-order valence-corrected chi connectivity index (χ2v) is 8.47. The molecule has 0 radical (unpaired) electrons. The predicted molar refractivity (Wildman–Crippen MR) is 115 cm³/mol. The molecule has 1 saturated heterocycles. The van der Waals surface area contributed by atoms with Crippen LogP contribution >= 0.6 is 0 Å². The lowest BCUT2D eigenvalue weighted by atomic mass is 9.87. The van der Waals surface area contributed by atoms with Crippen LogP contribution in [0, 0.1) is 0 Å². The first-order chi connectivity index (χ1) is 14.7. The molecule has 2 aliphatic rings. The molecule has 2 aromatic heterocycles. The summed E-state index contributed by atoms with van der Waals surface area (Å²) in [4.78, 5) is 22.9. The van der Waals surface area contributed by atoms with E-state index < -0.39 is 0 Å². The Kier molecular flexibility index (Phi) is 3.81. The fraction of sp³-hybridized carbons (Fsp3) is 0.292. The van der Waals surface area contributed by atoms with E-state index in [0.717, 1.165) is 48.0 Å². The fourth-order valence-corrected chi connectivity index (χ4v) is 5.26. The second-order valence-electron chi connectivity index (χ2n) is 8.47. The average molecular weight is 397 g/mol. The van der Waals surface area contributed by atoms with Crippen LogP contribution in [0.5, 0.6) is 0 Å². The summed E-state index contributed by atoms with van der Waals surface area (Å²) in [6, 6.07) is 12.7. The Morgan fingerprint density at radius 1 is 1.17 bits per heavy atom. The molecule has 6 nitrogen and oxygen atoms in total. The highest BCUT2D eigenvalue weighted by Gasteiger charge is 2.41. The number of piperidine rings is 1. The van der Waals surface area contributed by atoms with Crippen LogP contribution in [-0.2, 0) is 13.5 Å². The maximum absolute atomic E-state index is 13.4. The summed E-state index contributed by atoms with van der Waals surface area (Å²) in [5.74, 6) is 0.526. The Morgan fingerprint density at radius 3 is 2.97 bits per heavy atom. The molecule has 30 heavy (non-hydrogen) atoms. The molecule has 0 spiro atoms. The van der Waals surface area contributed by atoms with Crippen molar-refractivity contribution in [2.45, 2.75) is 31.2 Å². The van der Waals surface area contributed by atoms with Crippen molar-refractivity contribution < 1.29 is 4.79 Å². The van der Waals surface area contributed by atoms with Gasteiger partial charge in [0.25, 0.3) is 5.91 Å². The maximum atomic E-state index is 13.4.